The maximum Gasteiger partial charge on any atom is 0.255 e. The molecule has 0 aliphatic heterocycles. The fourth-order valence-corrected chi connectivity index (χ4v) is 4.07. The average Bonchev–Trinajstić information content (AvgIpc) is 2.73. The van der Waals surface area contributed by atoms with Crippen molar-refractivity contribution < 1.29 is 9.59 Å². The number of hydrogen-bond acceptors (Lipinski definition) is 4. The number of anilines is 1. The lowest BCUT2D eigenvalue weighted by Gasteiger charge is -2.39. The summed E-state index contributed by atoms with van der Waals surface area (Å²) in [6, 6.07) is 11.1. The van der Waals surface area contributed by atoms with E-state index < -0.39 is 0 Å². The number of carbonyl (C=O) groups excluding carboxylic acids is 2. The summed E-state index contributed by atoms with van der Waals surface area (Å²) >= 11 is 0. The molecule has 6 nitrogen and oxygen atoms in total. The Morgan fingerprint density at radius 2 is 1.71 bits per heavy atom. The molecule has 1 aliphatic carbocycles. The molecule has 1 fully saturated rings. The largest absolute Gasteiger partial charge is 0.334 e. The normalized spacial score (nSPS) is 19.0. The number of nitrogens with one attached hydrogen (secondary N) is 1. The van der Waals surface area contributed by atoms with Crippen molar-refractivity contribution in [3.8, 4) is 0 Å². The maximum atomic E-state index is 13.2. The molecule has 31 heavy (non-hydrogen) atoms. The molecule has 2 aromatic rings. The standard InChI is InChI=1S/C25H34N4O2/c1-25(2,3)16-23(30)29(22-7-5-4-6-21(22)26)17-18-8-10-20(11-9-18)28-24(31)19-12-14-27-15-13-19/h8-15,21-22H,4-7,16-17,26H2,1-3H3,(H,28,31). The molecular weight excluding hydrogens is 388 g/mol. The van der Waals surface area contributed by atoms with E-state index in [-0.39, 0.29) is 29.3 Å². The van der Waals surface area contributed by atoms with Crippen molar-refractivity contribution in [3.05, 3.63) is 59.9 Å². The van der Waals surface area contributed by atoms with Gasteiger partial charge in [-0.05, 0) is 48.1 Å². The Balaban J connectivity index is 1.71. The van der Waals surface area contributed by atoms with Gasteiger partial charge in [-0.1, -0.05) is 45.7 Å². The predicted octanol–water partition coefficient (Wildman–Crippen LogP) is 4.37. The number of hydrogen-bond donors (Lipinski definition) is 2. The Morgan fingerprint density at radius 3 is 2.32 bits per heavy atom. The number of nitrogens with two attached hydrogens (primary N) is 1. The van der Waals surface area contributed by atoms with Gasteiger partial charge in [0.15, 0.2) is 0 Å². The number of aromatic nitrogens is 1. The number of amides is 2. The molecule has 1 aromatic carbocycles. The van der Waals surface area contributed by atoms with Gasteiger partial charge in [-0.3, -0.25) is 14.6 Å². The first-order valence-electron chi connectivity index (χ1n) is 11.1. The molecule has 3 rings (SSSR count). The molecule has 3 N–H and O–H groups in total. The van der Waals surface area contributed by atoms with Crippen molar-refractivity contribution >= 4 is 17.5 Å². The van der Waals surface area contributed by atoms with E-state index in [0.717, 1.165) is 31.2 Å². The fourth-order valence-electron chi connectivity index (χ4n) is 4.07. The van der Waals surface area contributed by atoms with Gasteiger partial charge in [0.2, 0.25) is 5.91 Å². The minimum atomic E-state index is -0.176. The zero-order chi connectivity index (χ0) is 22.4. The van der Waals surface area contributed by atoms with E-state index in [4.69, 9.17) is 5.73 Å². The third-order valence-electron chi connectivity index (χ3n) is 5.69. The number of benzene rings is 1. The molecule has 2 unspecified atom stereocenters. The van der Waals surface area contributed by atoms with Crippen LogP contribution in [0, 0.1) is 5.41 Å². The number of rotatable bonds is 6. The van der Waals surface area contributed by atoms with E-state index in [2.05, 4.69) is 31.1 Å². The van der Waals surface area contributed by atoms with Gasteiger partial charge in [0.05, 0.1) is 0 Å². The second-order valence-corrected chi connectivity index (χ2v) is 9.66. The van der Waals surface area contributed by atoms with Gasteiger partial charge >= 0.3 is 0 Å². The van der Waals surface area contributed by atoms with E-state index in [1.54, 1.807) is 24.5 Å². The zero-order valence-corrected chi connectivity index (χ0v) is 18.8. The van der Waals surface area contributed by atoms with Crippen LogP contribution in [0.4, 0.5) is 5.69 Å². The summed E-state index contributed by atoms with van der Waals surface area (Å²) in [6.07, 6.45) is 7.84. The second-order valence-electron chi connectivity index (χ2n) is 9.66. The van der Waals surface area contributed by atoms with Crippen molar-refractivity contribution in [3.63, 3.8) is 0 Å². The number of pyridine rings is 1. The molecule has 0 radical (unpaired) electrons. The first-order chi connectivity index (χ1) is 14.7. The number of carbonyl (C=O) groups is 2. The zero-order valence-electron chi connectivity index (χ0n) is 18.8. The van der Waals surface area contributed by atoms with E-state index in [1.807, 2.05) is 29.2 Å². The van der Waals surface area contributed by atoms with E-state index in [1.165, 1.54) is 0 Å². The molecule has 1 saturated carbocycles. The Hall–Kier alpha value is -2.73. The molecule has 2 amide bonds. The lowest BCUT2D eigenvalue weighted by atomic mass is 9.87. The van der Waals surface area contributed by atoms with Crippen LogP contribution in [-0.4, -0.2) is 33.8 Å². The minimum Gasteiger partial charge on any atom is -0.334 e. The highest BCUT2D eigenvalue weighted by molar-refractivity contribution is 6.04. The SMILES string of the molecule is CC(C)(C)CC(=O)N(Cc1ccc(NC(=O)c2ccncc2)cc1)C1CCCCC1N. The van der Waals surface area contributed by atoms with Crippen LogP contribution >= 0.6 is 0 Å². The molecule has 166 valence electrons. The topological polar surface area (TPSA) is 88.3 Å². The minimum absolute atomic E-state index is 0.0246. The summed E-state index contributed by atoms with van der Waals surface area (Å²) < 4.78 is 0. The smallest absolute Gasteiger partial charge is 0.255 e. The lowest BCUT2D eigenvalue weighted by molar-refractivity contribution is -0.137. The maximum absolute atomic E-state index is 13.2. The average molecular weight is 423 g/mol. The van der Waals surface area contributed by atoms with Gasteiger partial charge in [-0.25, -0.2) is 0 Å². The molecule has 6 heteroatoms. The van der Waals surface area contributed by atoms with Gasteiger partial charge in [-0.15, -0.1) is 0 Å². The third kappa shape index (κ3) is 6.62. The van der Waals surface area contributed by atoms with Crippen LogP contribution in [0.2, 0.25) is 0 Å². The Kier molecular flexibility index (Phi) is 7.44. The first-order valence-corrected chi connectivity index (χ1v) is 11.1. The van der Waals surface area contributed by atoms with Gasteiger partial charge < -0.3 is 16.0 Å². The van der Waals surface area contributed by atoms with Gasteiger partial charge in [0.25, 0.3) is 5.91 Å². The molecule has 0 saturated heterocycles. The molecule has 1 aromatic heterocycles. The van der Waals surface area contributed by atoms with Gasteiger partial charge in [-0.2, -0.15) is 0 Å². The third-order valence-corrected chi connectivity index (χ3v) is 5.69. The highest BCUT2D eigenvalue weighted by Crippen LogP contribution is 2.28. The van der Waals surface area contributed by atoms with Crippen LogP contribution in [0.25, 0.3) is 0 Å². The van der Waals surface area contributed by atoms with E-state index in [9.17, 15) is 9.59 Å². The van der Waals surface area contributed by atoms with Crippen LogP contribution in [0.5, 0.6) is 0 Å². The van der Waals surface area contributed by atoms with E-state index >= 15 is 0 Å². The summed E-state index contributed by atoms with van der Waals surface area (Å²) in [6.45, 7) is 6.80. The molecule has 0 bridgehead atoms. The molecule has 1 heterocycles. The van der Waals surface area contributed by atoms with Crippen molar-refractivity contribution in [2.45, 2.75) is 71.5 Å². The lowest BCUT2D eigenvalue weighted by Crippen LogP contribution is -2.52. The van der Waals surface area contributed by atoms with Gasteiger partial charge in [0.1, 0.15) is 0 Å². The van der Waals surface area contributed by atoms with Crippen LogP contribution < -0.4 is 11.1 Å². The highest BCUT2D eigenvalue weighted by atomic mass is 16.2. The van der Waals surface area contributed by atoms with Crippen molar-refractivity contribution in [1.82, 2.24) is 9.88 Å². The predicted molar refractivity (Wildman–Crippen MR) is 123 cm³/mol. The summed E-state index contributed by atoms with van der Waals surface area (Å²) in [5, 5.41) is 2.90. The van der Waals surface area contributed by atoms with Crippen LogP contribution in [0.1, 0.15) is 68.8 Å². The summed E-state index contributed by atoms with van der Waals surface area (Å²) in [5.41, 5.74) is 8.65. The molecule has 1 aliphatic rings. The fraction of sp³-hybridized carbons (Fsp3) is 0.480. The van der Waals surface area contributed by atoms with E-state index in [0.29, 0.717) is 24.2 Å². The summed E-state index contributed by atoms with van der Waals surface area (Å²) in [4.78, 5) is 31.4. The van der Waals surface area contributed by atoms with Gasteiger partial charge in [0, 0.05) is 48.7 Å². The van der Waals surface area contributed by atoms with Crippen LogP contribution in [0.3, 0.4) is 0 Å². The molecule has 2 atom stereocenters. The Morgan fingerprint density at radius 1 is 1.06 bits per heavy atom. The Labute approximate surface area is 185 Å². The molecule has 0 spiro atoms. The van der Waals surface area contributed by atoms with Crippen molar-refractivity contribution in [1.29, 1.82) is 0 Å². The first kappa shape index (κ1) is 22.9. The van der Waals surface area contributed by atoms with Crippen LogP contribution in [-0.2, 0) is 11.3 Å². The van der Waals surface area contributed by atoms with Crippen molar-refractivity contribution in [2.75, 3.05) is 5.32 Å². The summed E-state index contributed by atoms with van der Waals surface area (Å²) in [7, 11) is 0. The monoisotopic (exact) mass is 422 g/mol. The second kappa shape index (κ2) is 10.1. The quantitative estimate of drug-likeness (QED) is 0.724. The van der Waals surface area contributed by atoms with Crippen molar-refractivity contribution in [2.24, 2.45) is 11.1 Å². The highest BCUT2D eigenvalue weighted by Gasteiger charge is 2.32. The Bertz CT molecular complexity index is 875. The van der Waals surface area contributed by atoms with Crippen LogP contribution in [0.15, 0.2) is 48.8 Å². The summed E-state index contributed by atoms with van der Waals surface area (Å²) in [5.74, 6) is -0.0183. The number of nitrogens with zero attached hydrogens (tertiary/aromatic N) is 2. The molecular formula is C25H34N4O2.